The van der Waals surface area contributed by atoms with E-state index in [4.69, 9.17) is 4.74 Å². The van der Waals surface area contributed by atoms with Crippen LogP contribution in [0.25, 0.3) is 10.9 Å². The lowest BCUT2D eigenvalue weighted by molar-refractivity contribution is 0.0960. The lowest BCUT2D eigenvalue weighted by atomic mass is 10.0. The average Bonchev–Trinajstić information content (AvgIpc) is 2.83. The molecule has 0 bridgehead atoms. The largest absolute Gasteiger partial charge is 0.487 e. The van der Waals surface area contributed by atoms with Gasteiger partial charge in [0.15, 0.2) is 11.6 Å². The van der Waals surface area contributed by atoms with E-state index in [0.717, 1.165) is 37.4 Å². The summed E-state index contributed by atoms with van der Waals surface area (Å²) in [5, 5.41) is 0.00603. The Balaban J connectivity index is 1.56. The van der Waals surface area contributed by atoms with Gasteiger partial charge in [-0.2, -0.15) is 0 Å². The Kier molecular flexibility index (Phi) is 5.79. The highest BCUT2D eigenvalue weighted by Gasteiger charge is 2.31. The molecule has 35 heavy (non-hydrogen) atoms. The van der Waals surface area contributed by atoms with E-state index in [0.29, 0.717) is 24.3 Å². The number of likely N-dealkylation sites (N-methyl/N-ethyl adjacent to an activating group) is 1. The standard InChI is InChI=1S/C24H24F3N5O3/c1-13-12-35-23-20-15(10-18(27)21(23)31-7-5-30(2)6-8-31)22(33)16(11-32(13)20)24(34)29-28-19-9-14(25)3-4-17(19)26/h3-4,9-11,13,28H,5-8,12H2,1-2H3,(H,29,34). The van der Waals surface area contributed by atoms with Crippen LogP contribution in [-0.4, -0.2) is 55.2 Å². The van der Waals surface area contributed by atoms with Gasteiger partial charge in [0.2, 0.25) is 5.43 Å². The fourth-order valence-electron chi connectivity index (χ4n) is 4.48. The van der Waals surface area contributed by atoms with Gasteiger partial charge in [-0.3, -0.25) is 20.4 Å². The molecule has 1 fully saturated rings. The van der Waals surface area contributed by atoms with Gasteiger partial charge in [-0.05, 0) is 32.2 Å². The van der Waals surface area contributed by atoms with E-state index in [1.807, 2.05) is 18.9 Å². The van der Waals surface area contributed by atoms with Crippen molar-refractivity contribution >= 4 is 28.2 Å². The second-order valence-corrected chi connectivity index (χ2v) is 8.87. The fourth-order valence-corrected chi connectivity index (χ4v) is 4.48. The zero-order chi connectivity index (χ0) is 24.9. The second-order valence-electron chi connectivity index (χ2n) is 8.87. The van der Waals surface area contributed by atoms with Crippen molar-refractivity contribution in [2.24, 2.45) is 0 Å². The first-order valence-electron chi connectivity index (χ1n) is 11.2. The number of rotatable bonds is 4. The molecule has 8 nitrogen and oxygen atoms in total. The first-order chi connectivity index (χ1) is 16.7. The number of hydrazine groups is 1. The van der Waals surface area contributed by atoms with Crippen LogP contribution in [0.15, 0.2) is 35.3 Å². The van der Waals surface area contributed by atoms with Crippen LogP contribution in [-0.2, 0) is 0 Å². The molecule has 3 aromatic rings. The van der Waals surface area contributed by atoms with Crippen LogP contribution in [0.1, 0.15) is 23.3 Å². The Hall–Kier alpha value is -3.73. The molecule has 11 heteroatoms. The Morgan fingerprint density at radius 1 is 1.09 bits per heavy atom. The van der Waals surface area contributed by atoms with Crippen molar-refractivity contribution in [3.8, 4) is 5.75 Å². The van der Waals surface area contributed by atoms with Crippen molar-refractivity contribution in [1.29, 1.82) is 0 Å². The number of hydrogen-bond donors (Lipinski definition) is 2. The number of piperazine rings is 1. The zero-order valence-corrected chi connectivity index (χ0v) is 19.2. The number of nitrogens with zero attached hydrogens (tertiary/aromatic N) is 3. The van der Waals surface area contributed by atoms with E-state index in [1.165, 1.54) is 6.20 Å². The summed E-state index contributed by atoms with van der Waals surface area (Å²) in [6.07, 6.45) is 1.39. The molecule has 0 aliphatic carbocycles. The van der Waals surface area contributed by atoms with Crippen LogP contribution in [0.3, 0.4) is 0 Å². The highest BCUT2D eigenvalue weighted by Crippen LogP contribution is 2.42. The Labute approximate surface area is 198 Å². The van der Waals surface area contributed by atoms with Gasteiger partial charge < -0.3 is 19.1 Å². The van der Waals surface area contributed by atoms with Crippen LogP contribution in [0, 0.1) is 17.5 Å². The third kappa shape index (κ3) is 4.05. The van der Waals surface area contributed by atoms with Crippen molar-refractivity contribution in [3.63, 3.8) is 0 Å². The number of pyridine rings is 1. The van der Waals surface area contributed by atoms with E-state index in [9.17, 15) is 18.4 Å². The molecule has 1 unspecified atom stereocenters. The molecule has 1 amide bonds. The highest BCUT2D eigenvalue weighted by molar-refractivity contribution is 6.00. The van der Waals surface area contributed by atoms with Gasteiger partial charge in [0.05, 0.1) is 22.6 Å². The number of ether oxygens (including phenoxy) is 1. The molecular formula is C24H24F3N5O3. The van der Waals surface area contributed by atoms with Crippen LogP contribution >= 0.6 is 0 Å². The molecular weight excluding hydrogens is 463 g/mol. The predicted molar refractivity (Wildman–Crippen MR) is 126 cm³/mol. The maximum atomic E-state index is 15.4. The summed E-state index contributed by atoms with van der Waals surface area (Å²) in [6.45, 7) is 4.82. The molecule has 2 aliphatic rings. The van der Waals surface area contributed by atoms with Crippen LogP contribution in [0.2, 0.25) is 0 Å². The minimum absolute atomic E-state index is 0.00603. The van der Waals surface area contributed by atoms with Gasteiger partial charge in [0.25, 0.3) is 5.91 Å². The Bertz CT molecular complexity index is 1390. The van der Waals surface area contributed by atoms with Crippen molar-refractivity contribution in [3.05, 3.63) is 63.7 Å². The van der Waals surface area contributed by atoms with Gasteiger partial charge in [-0.1, -0.05) is 0 Å². The summed E-state index contributed by atoms with van der Waals surface area (Å²) >= 11 is 0. The molecule has 2 N–H and O–H groups in total. The maximum absolute atomic E-state index is 15.4. The molecule has 1 saturated heterocycles. The number of amides is 1. The molecule has 1 atom stereocenters. The van der Waals surface area contributed by atoms with Crippen molar-refractivity contribution in [2.75, 3.05) is 50.2 Å². The SMILES string of the molecule is CC1COc2c(N3CCN(C)CC3)c(F)cc3c(=O)c(C(=O)NNc4cc(F)ccc4F)cn1c23. The minimum Gasteiger partial charge on any atom is -0.487 e. The van der Waals surface area contributed by atoms with E-state index in [-0.39, 0.29) is 35.0 Å². The molecule has 0 spiro atoms. The van der Waals surface area contributed by atoms with Gasteiger partial charge in [0.1, 0.15) is 29.5 Å². The summed E-state index contributed by atoms with van der Waals surface area (Å²) < 4.78 is 50.4. The second kappa shape index (κ2) is 8.81. The van der Waals surface area contributed by atoms with Crippen LogP contribution < -0.4 is 25.9 Å². The maximum Gasteiger partial charge on any atom is 0.275 e. The molecule has 5 rings (SSSR count). The number of carbonyl (C=O) groups excluding carboxylic acids is 1. The smallest absolute Gasteiger partial charge is 0.275 e. The van der Waals surface area contributed by atoms with E-state index in [2.05, 4.69) is 15.8 Å². The molecule has 0 radical (unpaired) electrons. The number of benzene rings is 2. The van der Waals surface area contributed by atoms with Gasteiger partial charge in [-0.25, -0.2) is 13.2 Å². The molecule has 1 aromatic heterocycles. The Morgan fingerprint density at radius 2 is 1.83 bits per heavy atom. The monoisotopic (exact) mass is 487 g/mol. The van der Waals surface area contributed by atoms with E-state index in [1.54, 1.807) is 4.57 Å². The summed E-state index contributed by atoms with van der Waals surface area (Å²) in [5.74, 6) is -2.68. The van der Waals surface area contributed by atoms with Crippen molar-refractivity contribution < 1.29 is 22.7 Å². The number of halogens is 3. The van der Waals surface area contributed by atoms with E-state index >= 15 is 4.39 Å². The molecule has 3 heterocycles. The first-order valence-corrected chi connectivity index (χ1v) is 11.2. The lowest BCUT2D eigenvalue weighted by Crippen LogP contribution is -2.45. The third-order valence-electron chi connectivity index (χ3n) is 6.45. The van der Waals surface area contributed by atoms with Gasteiger partial charge >= 0.3 is 0 Å². The topological polar surface area (TPSA) is 78.8 Å². The van der Waals surface area contributed by atoms with Crippen molar-refractivity contribution in [1.82, 2.24) is 14.9 Å². The number of aromatic nitrogens is 1. The number of hydrogen-bond acceptors (Lipinski definition) is 6. The van der Waals surface area contributed by atoms with Crippen molar-refractivity contribution in [2.45, 2.75) is 13.0 Å². The quantitative estimate of drug-likeness (QED) is 0.551. The number of anilines is 2. The average molecular weight is 487 g/mol. The van der Waals surface area contributed by atoms with E-state index < -0.39 is 28.8 Å². The van der Waals surface area contributed by atoms with Crippen LogP contribution in [0.5, 0.6) is 5.75 Å². The summed E-state index contributed by atoms with van der Waals surface area (Å²) in [4.78, 5) is 30.2. The summed E-state index contributed by atoms with van der Waals surface area (Å²) in [7, 11) is 2.00. The molecule has 2 aliphatic heterocycles. The highest BCUT2D eigenvalue weighted by atomic mass is 19.1. The van der Waals surface area contributed by atoms with Gasteiger partial charge in [0, 0.05) is 38.4 Å². The minimum atomic E-state index is -0.867. The number of nitrogens with one attached hydrogen (secondary N) is 2. The normalized spacial score (nSPS) is 17.9. The third-order valence-corrected chi connectivity index (χ3v) is 6.45. The fraction of sp³-hybridized carbons (Fsp3) is 0.333. The predicted octanol–water partition coefficient (Wildman–Crippen LogP) is 2.88. The number of carbonyl (C=O) groups is 1. The summed E-state index contributed by atoms with van der Waals surface area (Å²) in [5.41, 5.74) is 3.99. The van der Waals surface area contributed by atoms with Crippen LogP contribution in [0.4, 0.5) is 24.5 Å². The molecule has 0 saturated carbocycles. The molecule has 184 valence electrons. The molecule has 2 aromatic carbocycles. The lowest BCUT2D eigenvalue weighted by Gasteiger charge is -2.37. The zero-order valence-electron chi connectivity index (χ0n) is 19.2. The first kappa shape index (κ1) is 23.0. The Morgan fingerprint density at radius 3 is 2.57 bits per heavy atom. The van der Waals surface area contributed by atoms with Gasteiger partial charge in [-0.15, -0.1) is 0 Å². The summed E-state index contributed by atoms with van der Waals surface area (Å²) in [6, 6.07) is 3.62.